The second kappa shape index (κ2) is 2.17. The van der Waals surface area contributed by atoms with Gasteiger partial charge in [-0.25, -0.2) is 9.78 Å². The Balaban J connectivity index is 2.28. The molecule has 1 aromatic rings. The third-order valence-corrected chi connectivity index (χ3v) is 2.56. The zero-order valence-electron chi connectivity index (χ0n) is 6.26. The Morgan fingerprint density at radius 1 is 1.31 bits per heavy atom. The van der Waals surface area contributed by atoms with Crippen molar-refractivity contribution in [3.05, 3.63) is 21.8 Å². The molecule has 0 spiro atoms. The summed E-state index contributed by atoms with van der Waals surface area (Å²) in [6.07, 6.45) is 1.84. The number of rotatable bonds is 0. The first-order valence-corrected chi connectivity index (χ1v) is 4.43. The van der Waals surface area contributed by atoms with Crippen LogP contribution < -0.4 is 0 Å². The van der Waals surface area contributed by atoms with Crippen molar-refractivity contribution in [3.63, 3.8) is 0 Å². The lowest BCUT2D eigenvalue weighted by Gasteiger charge is -1.99. The van der Waals surface area contributed by atoms with Gasteiger partial charge in [0.1, 0.15) is 17.1 Å². The number of hydrogen-bond acceptors (Lipinski definition) is 4. The van der Waals surface area contributed by atoms with Gasteiger partial charge in [0.05, 0.1) is 10.4 Å². The van der Waals surface area contributed by atoms with Crippen molar-refractivity contribution >= 4 is 29.2 Å². The van der Waals surface area contributed by atoms with Crippen LogP contribution in [0.15, 0.2) is 26.4 Å². The molecule has 1 aliphatic heterocycles. The van der Waals surface area contributed by atoms with Crippen LogP contribution in [0.1, 0.15) is 10.6 Å². The standard InChI is InChI=1S/C7H2N4OS/c12-7-9-5-3(10-11-7)1-4-6(5)8-2-13-4/h1-2H. The number of thiazole rings is 1. The molecule has 0 atom stereocenters. The van der Waals surface area contributed by atoms with Crippen molar-refractivity contribution in [2.45, 2.75) is 0 Å². The van der Waals surface area contributed by atoms with Crippen molar-refractivity contribution in [2.24, 2.45) is 15.2 Å². The molecule has 0 unspecified atom stereocenters. The zero-order valence-corrected chi connectivity index (χ0v) is 7.08. The predicted molar refractivity (Wildman–Crippen MR) is 46.9 cm³/mol. The Labute approximate surface area is 76.6 Å². The van der Waals surface area contributed by atoms with Crippen LogP contribution in [0, 0.1) is 0 Å². The lowest BCUT2D eigenvalue weighted by molar-refractivity contribution is 0.255. The molecule has 5 nitrogen and oxygen atoms in total. The molecule has 0 saturated heterocycles. The fraction of sp³-hybridized carbons (Fsp3) is 0. The molecular weight excluding hydrogens is 188 g/mol. The number of fused-ring (bicyclic) bond motifs is 3. The predicted octanol–water partition coefficient (Wildman–Crippen LogP) is 1.87. The number of aliphatic imine (C=N–C) groups is 1. The van der Waals surface area contributed by atoms with Gasteiger partial charge in [0, 0.05) is 0 Å². The van der Waals surface area contributed by atoms with Gasteiger partial charge < -0.3 is 0 Å². The molecule has 3 rings (SSSR count). The van der Waals surface area contributed by atoms with Crippen LogP contribution in [0.3, 0.4) is 0 Å². The van der Waals surface area contributed by atoms with Gasteiger partial charge in [0.15, 0.2) is 0 Å². The highest BCUT2D eigenvalue weighted by Gasteiger charge is 2.26. The van der Waals surface area contributed by atoms with Gasteiger partial charge in [-0.3, -0.25) is 0 Å². The number of allylic oxidation sites excluding steroid dienone is 1. The molecule has 0 N–H and O–H groups in total. The minimum atomic E-state index is -0.562. The summed E-state index contributed by atoms with van der Waals surface area (Å²) in [5, 5.41) is 7.07. The van der Waals surface area contributed by atoms with Gasteiger partial charge >= 0.3 is 6.03 Å². The highest BCUT2D eigenvalue weighted by atomic mass is 32.1. The molecule has 1 aliphatic carbocycles. The summed E-state index contributed by atoms with van der Waals surface area (Å²) in [6.45, 7) is 0. The molecule has 2 heterocycles. The van der Waals surface area contributed by atoms with Gasteiger partial charge in [0.2, 0.25) is 0 Å². The number of hydrogen-bond donors (Lipinski definition) is 0. The Kier molecular flexibility index (Phi) is 1.13. The number of urea groups is 1. The van der Waals surface area contributed by atoms with Crippen LogP contribution in [0.25, 0.3) is 6.08 Å². The zero-order chi connectivity index (χ0) is 8.84. The smallest absolute Gasteiger partial charge is 0.242 e. The van der Waals surface area contributed by atoms with Crippen LogP contribution in [0.4, 0.5) is 4.79 Å². The molecule has 0 bridgehead atoms. The topological polar surface area (TPSA) is 67.0 Å². The Morgan fingerprint density at radius 3 is 3.15 bits per heavy atom. The number of aromatic nitrogens is 1. The van der Waals surface area contributed by atoms with E-state index in [0.29, 0.717) is 11.4 Å². The van der Waals surface area contributed by atoms with Crippen molar-refractivity contribution in [2.75, 3.05) is 0 Å². The van der Waals surface area contributed by atoms with Crippen molar-refractivity contribution in [1.29, 1.82) is 0 Å². The van der Waals surface area contributed by atoms with E-state index in [1.165, 1.54) is 11.3 Å². The van der Waals surface area contributed by atoms with E-state index in [0.717, 1.165) is 10.6 Å². The van der Waals surface area contributed by atoms with E-state index in [4.69, 9.17) is 0 Å². The van der Waals surface area contributed by atoms with Crippen LogP contribution in [0.2, 0.25) is 0 Å². The SMILES string of the molecule is O=C1N=NC2=Cc3scnc3C2=N1. The van der Waals surface area contributed by atoms with Crippen LogP contribution in [0.5, 0.6) is 0 Å². The van der Waals surface area contributed by atoms with Gasteiger partial charge in [-0.05, 0) is 6.08 Å². The molecule has 1 aromatic heterocycles. The molecule has 2 amide bonds. The molecule has 0 saturated carbocycles. The fourth-order valence-corrected chi connectivity index (χ4v) is 1.96. The number of carbonyl (C=O) groups is 1. The minimum Gasteiger partial charge on any atom is -0.242 e. The van der Waals surface area contributed by atoms with Gasteiger partial charge in [-0.15, -0.1) is 16.5 Å². The average molecular weight is 190 g/mol. The maximum Gasteiger partial charge on any atom is 0.386 e. The summed E-state index contributed by atoms with van der Waals surface area (Å²) in [5.74, 6) is 0. The van der Waals surface area contributed by atoms with Crippen molar-refractivity contribution in [1.82, 2.24) is 4.98 Å². The lowest BCUT2D eigenvalue weighted by Crippen LogP contribution is -2.06. The van der Waals surface area contributed by atoms with Crippen LogP contribution in [-0.4, -0.2) is 16.7 Å². The monoisotopic (exact) mass is 190 g/mol. The van der Waals surface area contributed by atoms with Crippen LogP contribution in [-0.2, 0) is 0 Å². The van der Waals surface area contributed by atoms with E-state index in [-0.39, 0.29) is 0 Å². The summed E-state index contributed by atoms with van der Waals surface area (Å²) in [6, 6.07) is -0.562. The summed E-state index contributed by atoms with van der Waals surface area (Å²) in [7, 11) is 0. The van der Waals surface area contributed by atoms with Crippen molar-refractivity contribution in [3.8, 4) is 0 Å². The Hall–Kier alpha value is -1.69. The van der Waals surface area contributed by atoms with E-state index in [9.17, 15) is 4.79 Å². The number of nitrogens with zero attached hydrogens (tertiary/aromatic N) is 4. The highest BCUT2D eigenvalue weighted by Crippen LogP contribution is 2.30. The molecule has 6 heteroatoms. The maximum atomic E-state index is 10.8. The fourth-order valence-electron chi connectivity index (χ4n) is 1.25. The summed E-state index contributed by atoms with van der Waals surface area (Å²) >= 11 is 1.50. The number of amides is 2. The first kappa shape index (κ1) is 6.79. The summed E-state index contributed by atoms with van der Waals surface area (Å²) < 4.78 is 0. The summed E-state index contributed by atoms with van der Waals surface area (Å²) in [5.41, 5.74) is 3.65. The van der Waals surface area contributed by atoms with Gasteiger partial charge in [-0.1, -0.05) is 5.11 Å². The van der Waals surface area contributed by atoms with E-state index in [1.54, 1.807) is 5.51 Å². The van der Waals surface area contributed by atoms with Crippen LogP contribution >= 0.6 is 11.3 Å². The number of carbonyl (C=O) groups excluding carboxylic acids is 1. The quantitative estimate of drug-likeness (QED) is 0.626. The third kappa shape index (κ3) is 0.829. The maximum absolute atomic E-state index is 10.8. The third-order valence-electron chi connectivity index (χ3n) is 1.78. The summed E-state index contributed by atoms with van der Waals surface area (Å²) in [4.78, 5) is 19.7. The van der Waals surface area contributed by atoms with E-state index < -0.39 is 6.03 Å². The molecule has 62 valence electrons. The van der Waals surface area contributed by atoms with Gasteiger partial charge in [-0.2, -0.15) is 4.99 Å². The average Bonchev–Trinajstić information content (AvgIpc) is 2.64. The van der Waals surface area contributed by atoms with E-state index in [2.05, 4.69) is 20.2 Å². The van der Waals surface area contributed by atoms with Crippen molar-refractivity contribution < 1.29 is 4.79 Å². The van der Waals surface area contributed by atoms with E-state index >= 15 is 0 Å². The largest absolute Gasteiger partial charge is 0.386 e. The molecular formula is C7H2N4OS. The Bertz CT molecular complexity index is 496. The Morgan fingerprint density at radius 2 is 2.23 bits per heavy atom. The molecule has 2 aliphatic rings. The second-order valence-corrected chi connectivity index (χ2v) is 3.42. The molecule has 0 fully saturated rings. The molecule has 0 radical (unpaired) electrons. The van der Waals surface area contributed by atoms with Gasteiger partial charge in [0.25, 0.3) is 0 Å². The molecule has 0 aromatic carbocycles. The minimum absolute atomic E-state index is 0.552. The first-order chi connectivity index (χ1) is 6.34. The lowest BCUT2D eigenvalue weighted by atomic mass is 10.3. The molecule has 13 heavy (non-hydrogen) atoms. The van der Waals surface area contributed by atoms with E-state index in [1.807, 2.05) is 6.08 Å². The normalized spacial score (nSPS) is 18.0. The highest BCUT2D eigenvalue weighted by molar-refractivity contribution is 7.11. The second-order valence-electron chi connectivity index (χ2n) is 2.54. The number of azo groups is 1. The first-order valence-electron chi connectivity index (χ1n) is 3.55.